The number of hydrogen-bond donors (Lipinski definition) is 2. The van der Waals surface area contributed by atoms with Gasteiger partial charge in [-0.15, -0.1) is 0 Å². The number of fused-ring (bicyclic) bond motifs is 1. The number of anilines is 1. The molecule has 0 saturated carbocycles. The van der Waals surface area contributed by atoms with Crippen LogP contribution in [0, 0.1) is 6.57 Å². The summed E-state index contributed by atoms with van der Waals surface area (Å²) in [6, 6.07) is 1.80. The number of pyridine rings is 1. The van der Waals surface area contributed by atoms with Gasteiger partial charge in [-0.1, -0.05) is 0 Å². The van der Waals surface area contributed by atoms with E-state index >= 15 is 0 Å². The number of nitrogens with two attached hydrogens (primary N) is 2. The van der Waals surface area contributed by atoms with Crippen LogP contribution in [0.25, 0.3) is 4.85 Å². The number of aryl methyl sites for hydroxylation is 1. The second-order valence-electron chi connectivity index (χ2n) is 3.19. The van der Waals surface area contributed by atoms with Crippen molar-refractivity contribution >= 4 is 11.5 Å². The van der Waals surface area contributed by atoms with Crippen molar-refractivity contribution in [3.8, 4) is 0 Å². The molecular formula is C9H10N4. The van der Waals surface area contributed by atoms with Gasteiger partial charge >= 0.3 is 0 Å². The maximum absolute atomic E-state index is 6.88. The lowest BCUT2D eigenvalue weighted by atomic mass is 10.1. The molecule has 13 heavy (non-hydrogen) atoms. The van der Waals surface area contributed by atoms with Gasteiger partial charge in [0.25, 0.3) is 0 Å². The van der Waals surface area contributed by atoms with Gasteiger partial charge in [0.2, 0.25) is 5.69 Å². The fraction of sp³-hybridized carbons (Fsp3) is 0.333. The molecule has 0 bridgehead atoms. The zero-order chi connectivity index (χ0) is 9.42. The SMILES string of the molecule is [C-]#[N+]c1cc2c(nc1N)CCC2N. The number of hydrogen-bond acceptors (Lipinski definition) is 3. The predicted molar refractivity (Wildman–Crippen MR) is 50.2 cm³/mol. The molecule has 66 valence electrons. The molecule has 1 unspecified atom stereocenters. The lowest BCUT2D eigenvalue weighted by Crippen LogP contribution is -2.05. The number of aromatic nitrogens is 1. The Hall–Kier alpha value is -1.60. The summed E-state index contributed by atoms with van der Waals surface area (Å²) in [4.78, 5) is 7.45. The van der Waals surface area contributed by atoms with E-state index in [-0.39, 0.29) is 6.04 Å². The highest BCUT2D eigenvalue weighted by Gasteiger charge is 2.21. The first-order valence-corrected chi connectivity index (χ1v) is 4.14. The van der Waals surface area contributed by atoms with Gasteiger partial charge in [0.1, 0.15) is 5.82 Å². The molecule has 0 aliphatic heterocycles. The minimum Gasteiger partial charge on any atom is -0.392 e. The largest absolute Gasteiger partial charge is 0.392 e. The predicted octanol–water partition coefficient (Wildman–Crippen LogP) is 1.16. The fourth-order valence-corrected chi connectivity index (χ4v) is 1.63. The third-order valence-corrected chi connectivity index (χ3v) is 2.36. The summed E-state index contributed by atoms with van der Waals surface area (Å²) in [6.45, 7) is 6.88. The Bertz CT molecular complexity index is 391. The minimum absolute atomic E-state index is 0.0311. The molecule has 4 heteroatoms. The molecule has 1 heterocycles. The van der Waals surface area contributed by atoms with Crippen LogP contribution in [-0.2, 0) is 6.42 Å². The molecule has 1 atom stereocenters. The summed E-state index contributed by atoms with van der Waals surface area (Å²) in [7, 11) is 0. The van der Waals surface area contributed by atoms with E-state index in [4.69, 9.17) is 18.0 Å². The minimum atomic E-state index is 0.0311. The van der Waals surface area contributed by atoms with E-state index in [1.807, 2.05) is 0 Å². The van der Waals surface area contributed by atoms with Crippen molar-refractivity contribution in [2.45, 2.75) is 18.9 Å². The van der Waals surface area contributed by atoms with Gasteiger partial charge in [0, 0.05) is 11.7 Å². The zero-order valence-corrected chi connectivity index (χ0v) is 7.12. The first kappa shape index (κ1) is 8.02. The van der Waals surface area contributed by atoms with Gasteiger partial charge in [0.05, 0.1) is 6.57 Å². The van der Waals surface area contributed by atoms with Crippen LogP contribution in [0.4, 0.5) is 11.5 Å². The first-order chi connectivity index (χ1) is 6.22. The molecule has 4 N–H and O–H groups in total. The maximum atomic E-state index is 6.88. The van der Waals surface area contributed by atoms with E-state index < -0.39 is 0 Å². The van der Waals surface area contributed by atoms with Gasteiger partial charge in [-0.2, -0.15) is 0 Å². The van der Waals surface area contributed by atoms with Gasteiger partial charge in [0.15, 0.2) is 0 Å². The number of nitrogens with zero attached hydrogens (tertiary/aromatic N) is 2. The standard InChI is InChI=1S/C9H10N4/c1-12-8-4-5-6(10)2-3-7(5)13-9(8)11/h4,6H,2-3,10H2,(H2,11,13). The first-order valence-electron chi connectivity index (χ1n) is 4.14. The molecule has 0 spiro atoms. The Morgan fingerprint density at radius 1 is 1.62 bits per heavy atom. The second kappa shape index (κ2) is 2.71. The van der Waals surface area contributed by atoms with Crippen molar-refractivity contribution in [3.05, 3.63) is 28.7 Å². The Morgan fingerprint density at radius 2 is 2.38 bits per heavy atom. The normalized spacial score (nSPS) is 19.5. The van der Waals surface area contributed by atoms with E-state index in [1.54, 1.807) is 6.07 Å². The number of rotatable bonds is 0. The van der Waals surface area contributed by atoms with Gasteiger partial charge < -0.3 is 11.5 Å². The Morgan fingerprint density at radius 3 is 3.08 bits per heavy atom. The smallest absolute Gasteiger partial charge is 0.228 e. The Kier molecular flexibility index (Phi) is 1.67. The molecule has 0 aromatic carbocycles. The monoisotopic (exact) mass is 174 g/mol. The van der Waals surface area contributed by atoms with Crippen molar-refractivity contribution in [1.29, 1.82) is 0 Å². The summed E-state index contributed by atoms with van der Waals surface area (Å²) in [5.74, 6) is 0.322. The van der Waals surface area contributed by atoms with Gasteiger partial charge in [-0.05, 0) is 24.5 Å². The maximum Gasteiger partial charge on any atom is 0.228 e. The summed E-state index contributed by atoms with van der Waals surface area (Å²) >= 11 is 0. The van der Waals surface area contributed by atoms with Crippen LogP contribution < -0.4 is 11.5 Å². The van der Waals surface area contributed by atoms with Crippen LogP contribution in [0.15, 0.2) is 6.07 Å². The summed E-state index contributed by atoms with van der Waals surface area (Å²) < 4.78 is 0. The zero-order valence-electron chi connectivity index (χ0n) is 7.12. The van der Waals surface area contributed by atoms with Crippen LogP contribution in [0.5, 0.6) is 0 Å². The lowest BCUT2D eigenvalue weighted by Gasteiger charge is -2.05. The van der Waals surface area contributed by atoms with Crippen molar-refractivity contribution in [2.24, 2.45) is 5.73 Å². The third-order valence-electron chi connectivity index (χ3n) is 2.36. The molecule has 1 aromatic rings. The molecular weight excluding hydrogens is 164 g/mol. The highest BCUT2D eigenvalue weighted by atomic mass is 14.9. The molecule has 0 amide bonds. The van der Waals surface area contributed by atoms with Crippen LogP contribution in [-0.4, -0.2) is 4.98 Å². The van der Waals surface area contributed by atoms with Crippen LogP contribution >= 0.6 is 0 Å². The molecule has 0 fully saturated rings. The van der Waals surface area contributed by atoms with Gasteiger partial charge in [-0.3, -0.25) is 0 Å². The highest BCUT2D eigenvalue weighted by Crippen LogP contribution is 2.33. The molecule has 1 aliphatic rings. The highest BCUT2D eigenvalue weighted by molar-refractivity contribution is 5.65. The Labute approximate surface area is 76.4 Å². The lowest BCUT2D eigenvalue weighted by molar-refractivity contribution is 0.713. The quantitative estimate of drug-likeness (QED) is 0.580. The van der Waals surface area contributed by atoms with Crippen LogP contribution in [0.2, 0.25) is 0 Å². The molecule has 4 nitrogen and oxygen atoms in total. The van der Waals surface area contributed by atoms with Crippen molar-refractivity contribution in [3.63, 3.8) is 0 Å². The number of nitrogen functional groups attached to an aromatic ring is 1. The average molecular weight is 174 g/mol. The average Bonchev–Trinajstić information content (AvgIpc) is 2.46. The molecule has 2 rings (SSSR count). The van der Waals surface area contributed by atoms with E-state index in [0.717, 1.165) is 24.1 Å². The van der Waals surface area contributed by atoms with Crippen molar-refractivity contribution in [1.82, 2.24) is 4.98 Å². The molecule has 1 aliphatic carbocycles. The summed E-state index contributed by atoms with van der Waals surface area (Å²) in [5.41, 5.74) is 13.8. The molecule has 0 saturated heterocycles. The van der Waals surface area contributed by atoms with E-state index in [2.05, 4.69) is 9.83 Å². The Balaban J connectivity index is 2.59. The van der Waals surface area contributed by atoms with Crippen LogP contribution in [0.3, 0.4) is 0 Å². The van der Waals surface area contributed by atoms with E-state index in [0.29, 0.717) is 11.5 Å². The summed E-state index contributed by atoms with van der Waals surface area (Å²) in [6.07, 6.45) is 1.78. The molecule has 0 radical (unpaired) electrons. The topological polar surface area (TPSA) is 69.3 Å². The third kappa shape index (κ3) is 1.14. The van der Waals surface area contributed by atoms with E-state index in [9.17, 15) is 0 Å². The fourth-order valence-electron chi connectivity index (χ4n) is 1.63. The summed E-state index contributed by atoms with van der Waals surface area (Å²) in [5, 5.41) is 0. The van der Waals surface area contributed by atoms with Crippen LogP contribution in [0.1, 0.15) is 23.7 Å². The van der Waals surface area contributed by atoms with Gasteiger partial charge in [-0.25, -0.2) is 9.83 Å². The van der Waals surface area contributed by atoms with E-state index in [1.165, 1.54) is 0 Å². The second-order valence-corrected chi connectivity index (χ2v) is 3.19. The molecule has 1 aromatic heterocycles. The van der Waals surface area contributed by atoms with Crippen molar-refractivity contribution < 1.29 is 0 Å². The van der Waals surface area contributed by atoms with Crippen molar-refractivity contribution in [2.75, 3.05) is 5.73 Å².